The number of aromatic nitrogens is 1. The van der Waals surface area contributed by atoms with Gasteiger partial charge in [-0.05, 0) is 23.8 Å². The van der Waals surface area contributed by atoms with Gasteiger partial charge in [0.15, 0.2) is 0 Å². The normalized spacial score (nSPS) is 10.8. The number of nitrogens with zero attached hydrogens (tertiary/aromatic N) is 1. The number of alkyl halides is 1. The molecule has 0 aliphatic rings. The fourth-order valence-electron chi connectivity index (χ4n) is 1.53. The minimum Gasteiger partial charge on any atom is -0.464 e. The van der Waals surface area contributed by atoms with Crippen molar-refractivity contribution in [1.82, 2.24) is 4.57 Å². The molecule has 2 aromatic rings. The molecule has 0 amide bonds. The van der Waals surface area contributed by atoms with Crippen molar-refractivity contribution in [3.05, 3.63) is 35.0 Å². The van der Waals surface area contributed by atoms with E-state index in [9.17, 15) is 4.79 Å². The van der Waals surface area contributed by atoms with Gasteiger partial charge in [0, 0.05) is 16.9 Å². The Labute approximate surface area is 99.4 Å². The SMILES string of the molecule is O=C(O)n1ccc2cc(CBr)cc(Cl)c21. The molecule has 0 radical (unpaired) electrons. The van der Waals surface area contributed by atoms with Gasteiger partial charge in [-0.1, -0.05) is 27.5 Å². The second-order valence-electron chi connectivity index (χ2n) is 3.12. The van der Waals surface area contributed by atoms with Gasteiger partial charge >= 0.3 is 6.09 Å². The lowest BCUT2D eigenvalue weighted by Crippen LogP contribution is -2.05. The number of carbonyl (C=O) groups is 1. The van der Waals surface area contributed by atoms with Gasteiger partial charge in [0.25, 0.3) is 0 Å². The Hall–Kier alpha value is -1.000. The molecular weight excluding hydrogens is 281 g/mol. The highest BCUT2D eigenvalue weighted by atomic mass is 79.9. The summed E-state index contributed by atoms with van der Waals surface area (Å²) in [5, 5.41) is 10.9. The minimum absolute atomic E-state index is 0.453. The monoisotopic (exact) mass is 287 g/mol. The predicted octanol–water partition coefficient (Wildman–Crippen LogP) is 3.72. The van der Waals surface area contributed by atoms with E-state index in [1.807, 2.05) is 6.07 Å². The molecule has 0 saturated carbocycles. The summed E-state index contributed by atoms with van der Waals surface area (Å²) in [4.78, 5) is 10.9. The summed E-state index contributed by atoms with van der Waals surface area (Å²) in [5.41, 5.74) is 1.56. The third kappa shape index (κ3) is 1.75. The lowest BCUT2D eigenvalue weighted by Gasteiger charge is -2.02. The molecule has 0 unspecified atom stereocenters. The average molecular weight is 289 g/mol. The fraction of sp³-hybridized carbons (Fsp3) is 0.100. The van der Waals surface area contributed by atoms with E-state index in [0.717, 1.165) is 15.5 Å². The van der Waals surface area contributed by atoms with Crippen LogP contribution in [0.4, 0.5) is 4.79 Å². The van der Waals surface area contributed by atoms with E-state index in [-0.39, 0.29) is 0 Å². The molecule has 1 aromatic carbocycles. The van der Waals surface area contributed by atoms with Crippen LogP contribution >= 0.6 is 27.5 Å². The Bertz CT molecular complexity index is 535. The Balaban J connectivity index is 2.77. The molecule has 0 atom stereocenters. The van der Waals surface area contributed by atoms with Gasteiger partial charge in [0.1, 0.15) is 0 Å². The maximum Gasteiger partial charge on any atom is 0.416 e. The first-order valence-corrected chi connectivity index (χ1v) is 5.72. The van der Waals surface area contributed by atoms with Crippen molar-refractivity contribution in [2.75, 3.05) is 0 Å². The van der Waals surface area contributed by atoms with Crippen LogP contribution in [-0.4, -0.2) is 15.8 Å². The highest BCUT2D eigenvalue weighted by Crippen LogP contribution is 2.27. The summed E-state index contributed by atoms with van der Waals surface area (Å²) in [7, 11) is 0. The zero-order chi connectivity index (χ0) is 11.0. The van der Waals surface area contributed by atoms with Gasteiger partial charge in [-0.25, -0.2) is 4.79 Å². The first kappa shape index (κ1) is 10.5. The van der Waals surface area contributed by atoms with Crippen molar-refractivity contribution in [2.24, 2.45) is 0 Å². The quantitative estimate of drug-likeness (QED) is 0.813. The molecule has 0 aliphatic carbocycles. The van der Waals surface area contributed by atoms with Crippen molar-refractivity contribution in [3.63, 3.8) is 0 Å². The van der Waals surface area contributed by atoms with Crippen LogP contribution < -0.4 is 0 Å². The second kappa shape index (κ2) is 3.87. The lowest BCUT2D eigenvalue weighted by atomic mass is 10.2. The summed E-state index contributed by atoms with van der Waals surface area (Å²) < 4.78 is 1.12. The molecule has 1 aromatic heterocycles. The van der Waals surface area contributed by atoms with E-state index in [1.54, 1.807) is 12.1 Å². The Morgan fingerprint density at radius 1 is 1.53 bits per heavy atom. The van der Waals surface area contributed by atoms with E-state index in [1.165, 1.54) is 6.20 Å². The number of halogens is 2. The molecule has 5 heteroatoms. The molecule has 78 valence electrons. The van der Waals surface area contributed by atoms with Crippen LogP contribution in [0.5, 0.6) is 0 Å². The van der Waals surface area contributed by atoms with E-state index >= 15 is 0 Å². The topological polar surface area (TPSA) is 42.2 Å². The molecule has 0 fully saturated rings. The van der Waals surface area contributed by atoms with Gasteiger partial charge < -0.3 is 5.11 Å². The molecule has 0 spiro atoms. The first-order chi connectivity index (χ1) is 7.13. The summed E-state index contributed by atoms with van der Waals surface area (Å²) in [6.07, 6.45) is 0.468. The number of hydrogen-bond donors (Lipinski definition) is 1. The third-order valence-corrected chi connectivity index (χ3v) is 3.09. The molecule has 1 N–H and O–H groups in total. The van der Waals surface area contributed by atoms with Crippen LogP contribution in [-0.2, 0) is 5.33 Å². The number of benzene rings is 1. The maximum absolute atomic E-state index is 10.9. The molecule has 0 bridgehead atoms. The predicted molar refractivity (Wildman–Crippen MR) is 63.0 cm³/mol. The van der Waals surface area contributed by atoms with Gasteiger partial charge in [-0.2, -0.15) is 0 Å². The number of rotatable bonds is 1. The molecule has 1 heterocycles. The van der Waals surface area contributed by atoms with Crippen molar-refractivity contribution >= 4 is 44.5 Å². The lowest BCUT2D eigenvalue weighted by molar-refractivity contribution is 0.197. The molecular formula is C10H7BrClNO2. The van der Waals surface area contributed by atoms with E-state index in [4.69, 9.17) is 16.7 Å². The smallest absolute Gasteiger partial charge is 0.416 e. The Morgan fingerprint density at radius 2 is 2.27 bits per heavy atom. The maximum atomic E-state index is 10.9. The Kier molecular flexibility index (Phi) is 2.71. The summed E-state index contributed by atoms with van der Waals surface area (Å²) >= 11 is 9.36. The van der Waals surface area contributed by atoms with Crippen molar-refractivity contribution in [1.29, 1.82) is 0 Å². The van der Waals surface area contributed by atoms with Gasteiger partial charge in [-0.3, -0.25) is 4.57 Å². The summed E-state index contributed by atoms with van der Waals surface area (Å²) in [6.45, 7) is 0. The van der Waals surface area contributed by atoms with Crippen LogP contribution in [0.25, 0.3) is 10.9 Å². The number of carboxylic acid groups (broad SMARTS) is 1. The van der Waals surface area contributed by atoms with Gasteiger partial charge in [0.05, 0.1) is 10.5 Å². The zero-order valence-electron chi connectivity index (χ0n) is 7.58. The van der Waals surface area contributed by atoms with Crippen LogP contribution in [0.2, 0.25) is 5.02 Å². The fourth-order valence-corrected chi connectivity index (χ4v) is 2.19. The zero-order valence-corrected chi connectivity index (χ0v) is 9.92. The van der Waals surface area contributed by atoms with Crippen LogP contribution in [0.3, 0.4) is 0 Å². The standard InChI is InChI=1S/C10H7BrClNO2/c11-5-6-3-7-1-2-13(10(14)15)9(7)8(12)4-6/h1-4H,5H2,(H,14,15). The molecule has 3 nitrogen and oxygen atoms in total. The number of fused-ring (bicyclic) bond motifs is 1. The van der Waals surface area contributed by atoms with E-state index in [0.29, 0.717) is 15.9 Å². The highest BCUT2D eigenvalue weighted by molar-refractivity contribution is 9.08. The van der Waals surface area contributed by atoms with Crippen LogP contribution in [0.15, 0.2) is 24.4 Å². The van der Waals surface area contributed by atoms with Crippen LogP contribution in [0.1, 0.15) is 5.56 Å². The van der Waals surface area contributed by atoms with Crippen LogP contribution in [0, 0.1) is 0 Å². The summed E-state index contributed by atoms with van der Waals surface area (Å²) in [5.74, 6) is 0. The molecule has 15 heavy (non-hydrogen) atoms. The van der Waals surface area contributed by atoms with Crippen molar-refractivity contribution in [3.8, 4) is 0 Å². The van der Waals surface area contributed by atoms with E-state index in [2.05, 4.69) is 15.9 Å². The molecule has 2 rings (SSSR count). The largest absolute Gasteiger partial charge is 0.464 e. The summed E-state index contributed by atoms with van der Waals surface area (Å²) in [6, 6.07) is 5.41. The highest BCUT2D eigenvalue weighted by Gasteiger charge is 2.11. The minimum atomic E-state index is -1.03. The van der Waals surface area contributed by atoms with Gasteiger partial charge in [0.2, 0.25) is 0 Å². The Morgan fingerprint density at radius 3 is 2.87 bits per heavy atom. The van der Waals surface area contributed by atoms with E-state index < -0.39 is 6.09 Å². The van der Waals surface area contributed by atoms with Crippen molar-refractivity contribution in [2.45, 2.75) is 5.33 Å². The second-order valence-corrected chi connectivity index (χ2v) is 4.09. The molecule has 0 aliphatic heterocycles. The molecule has 0 saturated heterocycles. The average Bonchev–Trinajstić information content (AvgIpc) is 2.61. The third-order valence-electron chi connectivity index (χ3n) is 2.16. The number of hydrogen-bond acceptors (Lipinski definition) is 1. The first-order valence-electron chi connectivity index (χ1n) is 4.22. The van der Waals surface area contributed by atoms with Gasteiger partial charge in [-0.15, -0.1) is 0 Å². The van der Waals surface area contributed by atoms with Crippen molar-refractivity contribution < 1.29 is 9.90 Å².